The molecule has 0 spiro atoms. The van der Waals surface area contributed by atoms with Gasteiger partial charge in [-0.25, -0.2) is 13.9 Å². The largest absolute Gasteiger partial charge is 0.334 e. The van der Waals surface area contributed by atoms with Crippen molar-refractivity contribution in [2.45, 2.75) is 13.5 Å². The third kappa shape index (κ3) is 3.60. The van der Waals surface area contributed by atoms with Gasteiger partial charge in [0.2, 0.25) is 0 Å². The Hall–Kier alpha value is -3.15. The molecule has 3 aromatic rings. The number of carbonyl (C=O) groups excluding carboxylic acids is 1. The molecule has 0 saturated heterocycles. The van der Waals surface area contributed by atoms with Crippen molar-refractivity contribution in [3.63, 3.8) is 0 Å². The average molecular weight is 324 g/mol. The second-order valence-corrected chi connectivity index (χ2v) is 5.32. The zero-order valence-corrected chi connectivity index (χ0v) is 13.2. The SMILES string of the molecule is Cc1cc(NC(=O)NCc2ccccc2F)n(-c2ccccc2)n1. The fourth-order valence-electron chi connectivity index (χ4n) is 2.33. The smallest absolute Gasteiger partial charge is 0.320 e. The summed E-state index contributed by atoms with van der Waals surface area (Å²) < 4.78 is 15.2. The minimum atomic E-state index is -0.421. The lowest BCUT2D eigenvalue weighted by atomic mass is 10.2. The predicted molar refractivity (Wildman–Crippen MR) is 90.6 cm³/mol. The van der Waals surface area contributed by atoms with E-state index in [1.165, 1.54) is 6.07 Å². The van der Waals surface area contributed by atoms with Gasteiger partial charge in [0, 0.05) is 18.2 Å². The Kier molecular flexibility index (Phi) is 4.56. The van der Waals surface area contributed by atoms with Crippen LogP contribution in [0.15, 0.2) is 60.7 Å². The number of urea groups is 1. The maximum Gasteiger partial charge on any atom is 0.320 e. The van der Waals surface area contributed by atoms with Crippen LogP contribution in [-0.4, -0.2) is 15.8 Å². The number of benzene rings is 2. The van der Waals surface area contributed by atoms with E-state index in [1.807, 2.05) is 37.3 Å². The number of amides is 2. The van der Waals surface area contributed by atoms with E-state index in [1.54, 1.807) is 28.9 Å². The normalized spacial score (nSPS) is 10.4. The zero-order chi connectivity index (χ0) is 16.9. The molecule has 0 fully saturated rings. The van der Waals surface area contributed by atoms with E-state index in [0.29, 0.717) is 11.4 Å². The van der Waals surface area contributed by atoms with E-state index in [-0.39, 0.29) is 12.4 Å². The van der Waals surface area contributed by atoms with Crippen LogP contribution >= 0.6 is 0 Å². The average Bonchev–Trinajstić information content (AvgIpc) is 2.95. The molecule has 0 unspecified atom stereocenters. The van der Waals surface area contributed by atoms with Crippen molar-refractivity contribution in [2.24, 2.45) is 0 Å². The number of aromatic nitrogens is 2. The summed E-state index contributed by atoms with van der Waals surface area (Å²) in [6.45, 7) is 1.96. The summed E-state index contributed by atoms with van der Waals surface area (Å²) in [6.07, 6.45) is 0. The summed E-state index contributed by atoms with van der Waals surface area (Å²) in [5.41, 5.74) is 2.05. The van der Waals surface area contributed by atoms with Crippen LogP contribution in [0.5, 0.6) is 0 Å². The van der Waals surface area contributed by atoms with Gasteiger partial charge in [0.15, 0.2) is 0 Å². The molecule has 0 saturated carbocycles. The molecule has 5 nitrogen and oxygen atoms in total. The fraction of sp³-hybridized carbons (Fsp3) is 0.111. The molecule has 0 radical (unpaired) electrons. The van der Waals surface area contributed by atoms with Crippen LogP contribution < -0.4 is 10.6 Å². The highest BCUT2D eigenvalue weighted by Crippen LogP contribution is 2.16. The molecule has 0 aliphatic carbocycles. The van der Waals surface area contributed by atoms with E-state index in [2.05, 4.69) is 15.7 Å². The minimum absolute atomic E-state index is 0.108. The Labute approximate surface area is 139 Å². The number of nitrogens with zero attached hydrogens (tertiary/aromatic N) is 2. The maximum absolute atomic E-state index is 13.6. The minimum Gasteiger partial charge on any atom is -0.334 e. The number of halogens is 1. The molecule has 1 heterocycles. The van der Waals surface area contributed by atoms with Crippen molar-refractivity contribution in [1.82, 2.24) is 15.1 Å². The lowest BCUT2D eigenvalue weighted by molar-refractivity contribution is 0.251. The molecule has 0 atom stereocenters. The third-order valence-electron chi connectivity index (χ3n) is 3.47. The fourth-order valence-corrected chi connectivity index (χ4v) is 2.33. The van der Waals surface area contributed by atoms with Gasteiger partial charge >= 0.3 is 6.03 Å². The Bertz CT molecular complexity index is 845. The summed E-state index contributed by atoms with van der Waals surface area (Å²) >= 11 is 0. The standard InChI is InChI=1S/C18H17FN4O/c1-13-11-17(23(22-13)15-8-3-2-4-9-15)21-18(24)20-12-14-7-5-6-10-16(14)19/h2-11H,12H2,1H3,(H2,20,21,24). The molecule has 2 N–H and O–H groups in total. The highest BCUT2D eigenvalue weighted by atomic mass is 19.1. The molecule has 2 amide bonds. The first kappa shape index (κ1) is 15.7. The predicted octanol–water partition coefficient (Wildman–Crippen LogP) is 3.64. The molecule has 0 bridgehead atoms. The molecule has 3 rings (SSSR count). The van der Waals surface area contributed by atoms with Gasteiger partial charge in [-0.3, -0.25) is 5.32 Å². The number of carbonyl (C=O) groups is 1. The van der Waals surface area contributed by atoms with Gasteiger partial charge in [-0.15, -0.1) is 0 Å². The molecule has 0 aliphatic rings. The third-order valence-corrected chi connectivity index (χ3v) is 3.47. The quantitative estimate of drug-likeness (QED) is 0.770. The van der Waals surface area contributed by atoms with Gasteiger partial charge in [0.05, 0.1) is 11.4 Å². The number of rotatable bonds is 4. The molecular formula is C18H17FN4O. The lowest BCUT2D eigenvalue weighted by Gasteiger charge is -2.10. The highest BCUT2D eigenvalue weighted by Gasteiger charge is 2.11. The van der Waals surface area contributed by atoms with Crippen molar-refractivity contribution in [1.29, 1.82) is 0 Å². The second-order valence-electron chi connectivity index (χ2n) is 5.32. The Balaban J connectivity index is 1.70. The second kappa shape index (κ2) is 6.95. The van der Waals surface area contributed by atoms with Crippen LogP contribution in [-0.2, 0) is 6.54 Å². The Morgan fingerprint density at radius 1 is 1.12 bits per heavy atom. The summed E-state index contributed by atoms with van der Waals surface area (Å²) in [6, 6.07) is 17.2. The van der Waals surface area contributed by atoms with Gasteiger partial charge in [-0.05, 0) is 25.1 Å². The van der Waals surface area contributed by atoms with E-state index < -0.39 is 6.03 Å². The topological polar surface area (TPSA) is 59.0 Å². The van der Waals surface area contributed by atoms with Crippen molar-refractivity contribution < 1.29 is 9.18 Å². The van der Waals surface area contributed by atoms with Gasteiger partial charge in [0.1, 0.15) is 11.6 Å². The van der Waals surface area contributed by atoms with Gasteiger partial charge in [-0.2, -0.15) is 5.10 Å². The van der Waals surface area contributed by atoms with Crippen LogP contribution in [0.2, 0.25) is 0 Å². The summed E-state index contributed by atoms with van der Waals surface area (Å²) in [4.78, 5) is 12.1. The van der Waals surface area contributed by atoms with Crippen molar-refractivity contribution in [3.05, 3.63) is 77.7 Å². The lowest BCUT2D eigenvalue weighted by Crippen LogP contribution is -2.29. The number of para-hydroxylation sites is 1. The Morgan fingerprint density at radius 3 is 2.58 bits per heavy atom. The van der Waals surface area contributed by atoms with Crippen LogP contribution in [0.25, 0.3) is 5.69 Å². The molecular weight excluding hydrogens is 307 g/mol. The molecule has 6 heteroatoms. The molecule has 1 aromatic heterocycles. The summed E-state index contributed by atoms with van der Waals surface area (Å²) in [7, 11) is 0. The van der Waals surface area contributed by atoms with Gasteiger partial charge in [-0.1, -0.05) is 36.4 Å². The van der Waals surface area contributed by atoms with Crippen molar-refractivity contribution in [3.8, 4) is 5.69 Å². The monoisotopic (exact) mass is 324 g/mol. The number of hydrogen-bond acceptors (Lipinski definition) is 2. The number of aryl methyl sites for hydroxylation is 1. The summed E-state index contributed by atoms with van der Waals surface area (Å²) in [5.74, 6) is 0.202. The number of hydrogen-bond donors (Lipinski definition) is 2. The van der Waals surface area contributed by atoms with Gasteiger partial charge < -0.3 is 5.32 Å². The van der Waals surface area contributed by atoms with Crippen LogP contribution in [0.1, 0.15) is 11.3 Å². The number of anilines is 1. The molecule has 2 aromatic carbocycles. The van der Waals surface area contributed by atoms with Crippen molar-refractivity contribution in [2.75, 3.05) is 5.32 Å². The first-order chi connectivity index (χ1) is 11.6. The first-order valence-electron chi connectivity index (χ1n) is 7.54. The Morgan fingerprint density at radius 2 is 1.83 bits per heavy atom. The van der Waals surface area contributed by atoms with E-state index in [0.717, 1.165) is 11.4 Å². The number of nitrogens with one attached hydrogen (secondary N) is 2. The molecule has 0 aliphatic heterocycles. The van der Waals surface area contributed by atoms with Crippen molar-refractivity contribution >= 4 is 11.8 Å². The van der Waals surface area contributed by atoms with E-state index in [9.17, 15) is 9.18 Å². The molecule has 24 heavy (non-hydrogen) atoms. The molecule has 122 valence electrons. The van der Waals surface area contributed by atoms with Crippen LogP contribution in [0, 0.1) is 12.7 Å². The zero-order valence-electron chi connectivity index (χ0n) is 13.2. The summed E-state index contributed by atoms with van der Waals surface area (Å²) in [5, 5.41) is 9.77. The maximum atomic E-state index is 13.6. The highest BCUT2D eigenvalue weighted by molar-refractivity contribution is 5.88. The first-order valence-corrected chi connectivity index (χ1v) is 7.54. The van der Waals surface area contributed by atoms with E-state index in [4.69, 9.17) is 0 Å². The van der Waals surface area contributed by atoms with Crippen LogP contribution in [0.3, 0.4) is 0 Å². The van der Waals surface area contributed by atoms with E-state index >= 15 is 0 Å². The van der Waals surface area contributed by atoms with Gasteiger partial charge in [0.25, 0.3) is 0 Å². The van der Waals surface area contributed by atoms with Crippen LogP contribution in [0.4, 0.5) is 15.0 Å².